The van der Waals surface area contributed by atoms with Gasteiger partial charge in [0.1, 0.15) is 6.07 Å². The number of amides is 1. The molecular formula is C24H23ClN4OS. The second kappa shape index (κ2) is 10.9. The lowest BCUT2D eigenvalue weighted by Gasteiger charge is -2.21. The molecule has 0 saturated carbocycles. The van der Waals surface area contributed by atoms with Crippen LogP contribution in [0.4, 0.5) is 11.4 Å². The average molecular weight is 451 g/mol. The summed E-state index contributed by atoms with van der Waals surface area (Å²) in [7, 11) is 0. The molecule has 1 amide bonds. The maximum absolute atomic E-state index is 12.7. The van der Waals surface area contributed by atoms with Crippen LogP contribution in [0.3, 0.4) is 0 Å². The summed E-state index contributed by atoms with van der Waals surface area (Å²) in [6, 6.07) is 18.3. The minimum Gasteiger partial charge on any atom is -0.322 e. The van der Waals surface area contributed by atoms with Crippen LogP contribution in [0.1, 0.15) is 36.2 Å². The summed E-state index contributed by atoms with van der Waals surface area (Å²) in [6.07, 6.45) is 2.61. The number of anilines is 2. The number of hydrogen-bond donors (Lipinski definition) is 1. The van der Waals surface area contributed by atoms with Crippen LogP contribution in [0.25, 0.3) is 11.3 Å². The fraction of sp³-hybridized carbons (Fsp3) is 0.208. The predicted molar refractivity (Wildman–Crippen MR) is 130 cm³/mol. The fourth-order valence-electron chi connectivity index (χ4n) is 2.95. The zero-order valence-corrected chi connectivity index (χ0v) is 19.0. The van der Waals surface area contributed by atoms with Crippen molar-refractivity contribution in [3.63, 3.8) is 0 Å². The molecule has 3 aromatic rings. The van der Waals surface area contributed by atoms with Crippen molar-refractivity contribution in [3.05, 3.63) is 76.9 Å². The number of halogens is 1. The second-order valence-electron chi connectivity index (χ2n) is 6.77. The van der Waals surface area contributed by atoms with Gasteiger partial charge in [0.25, 0.3) is 5.91 Å². The van der Waals surface area contributed by atoms with Crippen LogP contribution >= 0.6 is 23.5 Å². The molecule has 0 aliphatic rings. The molecule has 0 unspecified atom stereocenters. The van der Waals surface area contributed by atoms with Gasteiger partial charge in [-0.1, -0.05) is 18.5 Å². The molecule has 0 aliphatic carbocycles. The molecule has 0 spiro atoms. The van der Waals surface area contributed by atoms with E-state index in [0.29, 0.717) is 33.1 Å². The third kappa shape index (κ3) is 5.78. The minimum atomic E-state index is -0.197. The first-order valence-corrected chi connectivity index (χ1v) is 11.4. The normalized spacial score (nSPS) is 10.4. The molecule has 0 atom stereocenters. The summed E-state index contributed by atoms with van der Waals surface area (Å²) in [5, 5.41) is 12.4. The Labute approximate surface area is 192 Å². The van der Waals surface area contributed by atoms with E-state index in [2.05, 4.69) is 28.5 Å². The van der Waals surface area contributed by atoms with Crippen molar-refractivity contribution in [1.82, 2.24) is 4.98 Å². The Balaban J connectivity index is 1.75. The molecule has 0 fully saturated rings. The minimum absolute atomic E-state index is 0.197. The summed E-state index contributed by atoms with van der Waals surface area (Å²) >= 11 is 8.12. The van der Waals surface area contributed by atoms with Gasteiger partial charge in [-0.05, 0) is 79.9 Å². The summed E-state index contributed by atoms with van der Waals surface area (Å²) in [4.78, 5) is 17.0. The Morgan fingerprint density at radius 3 is 2.55 bits per heavy atom. The lowest BCUT2D eigenvalue weighted by molar-refractivity contribution is 0.102. The Morgan fingerprint density at radius 1 is 1.16 bits per heavy atom. The van der Waals surface area contributed by atoms with Gasteiger partial charge in [-0.25, -0.2) is 0 Å². The highest BCUT2D eigenvalue weighted by atomic mass is 35.5. The number of nitriles is 1. The van der Waals surface area contributed by atoms with E-state index in [9.17, 15) is 4.79 Å². The van der Waals surface area contributed by atoms with E-state index in [1.165, 1.54) is 6.20 Å². The van der Waals surface area contributed by atoms with Crippen molar-refractivity contribution in [3.8, 4) is 17.3 Å². The number of nitrogens with one attached hydrogen (secondary N) is 1. The molecule has 7 heteroatoms. The Hall–Kier alpha value is -3.01. The van der Waals surface area contributed by atoms with Crippen LogP contribution in [0.15, 0.2) is 60.8 Å². The second-order valence-corrected chi connectivity index (χ2v) is 8.28. The standard InChI is InChI=1S/C24H23ClN4OS/c1-3-13-31-29(4-2)20-9-6-18(7-10-20)24(30)28-19-8-11-22(25)21(14-19)23-12-5-17(15-26)16-27-23/h5-12,14,16H,3-4,13H2,1-2H3,(H,28,30). The zero-order chi connectivity index (χ0) is 22.2. The Morgan fingerprint density at radius 2 is 1.94 bits per heavy atom. The van der Waals surface area contributed by atoms with Crippen molar-refractivity contribution in [1.29, 1.82) is 5.26 Å². The Bertz CT molecular complexity index is 1080. The van der Waals surface area contributed by atoms with Crippen LogP contribution in [0.5, 0.6) is 0 Å². The van der Waals surface area contributed by atoms with Crippen LogP contribution in [-0.4, -0.2) is 23.2 Å². The van der Waals surface area contributed by atoms with Gasteiger partial charge in [0.2, 0.25) is 0 Å². The van der Waals surface area contributed by atoms with Gasteiger partial charge in [-0.2, -0.15) is 5.26 Å². The molecular weight excluding hydrogens is 428 g/mol. The smallest absolute Gasteiger partial charge is 0.255 e. The molecule has 2 aromatic carbocycles. The summed E-state index contributed by atoms with van der Waals surface area (Å²) in [5.41, 5.74) is 4.07. The van der Waals surface area contributed by atoms with Gasteiger partial charge >= 0.3 is 0 Å². The third-order valence-electron chi connectivity index (χ3n) is 4.55. The quantitative estimate of drug-likeness (QED) is 0.401. The molecule has 1 aromatic heterocycles. The highest BCUT2D eigenvalue weighted by Crippen LogP contribution is 2.30. The molecule has 5 nitrogen and oxygen atoms in total. The maximum atomic E-state index is 12.7. The van der Waals surface area contributed by atoms with Gasteiger partial charge in [0, 0.05) is 41.0 Å². The van der Waals surface area contributed by atoms with Crippen molar-refractivity contribution < 1.29 is 4.79 Å². The first kappa shape index (κ1) is 22.7. The van der Waals surface area contributed by atoms with Gasteiger partial charge in [-0.3, -0.25) is 9.78 Å². The molecule has 0 aliphatic heterocycles. The van der Waals surface area contributed by atoms with E-state index >= 15 is 0 Å². The molecule has 1 heterocycles. The molecule has 158 valence electrons. The van der Waals surface area contributed by atoms with E-state index < -0.39 is 0 Å². The summed E-state index contributed by atoms with van der Waals surface area (Å²) < 4.78 is 2.22. The lowest BCUT2D eigenvalue weighted by Crippen LogP contribution is -2.15. The lowest BCUT2D eigenvalue weighted by atomic mass is 10.1. The predicted octanol–water partition coefficient (Wildman–Crippen LogP) is 6.41. The zero-order valence-electron chi connectivity index (χ0n) is 17.4. The first-order valence-electron chi connectivity index (χ1n) is 10.0. The number of nitrogens with zero attached hydrogens (tertiary/aromatic N) is 3. The number of carbonyl (C=O) groups is 1. The van der Waals surface area contributed by atoms with Gasteiger partial charge in [-0.15, -0.1) is 0 Å². The van der Waals surface area contributed by atoms with Crippen LogP contribution in [0, 0.1) is 11.3 Å². The number of aromatic nitrogens is 1. The van der Waals surface area contributed by atoms with Crippen molar-refractivity contribution in [2.75, 3.05) is 21.9 Å². The fourth-order valence-corrected chi connectivity index (χ4v) is 4.02. The number of benzene rings is 2. The number of pyridine rings is 1. The van der Waals surface area contributed by atoms with E-state index in [4.69, 9.17) is 16.9 Å². The van der Waals surface area contributed by atoms with Crippen molar-refractivity contribution in [2.45, 2.75) is 20.3 Å². The molecule has 0 radical (unpaired) electrons. The number of hydrogen-bond acceptors (Lipinski definition) is 5. The number of carbonyl (C=O) groups excluding carboxylic acids is 1. The van der Waals surface area contributed by atoms with Crippen LogP contribution in [-0.2, 0) is 0 Å². The maximum Gasteiger partial charge on any atom is 0.255 e. The first-order chi connectivity index (χ1) is 15.0. The molecule has 31 heavy (non-hydrogen) atoms. The number of rotatable bonds is 8. The van der Waals surface area contributed by atoms with E-state index in [0.717, 1.165) is 24.4 Å². The topological polar surface area (TPSA) is 69.0 Å². The molecule has 0 bridgehead atoms. The Kier molecular flexibility index (Phi) is 7.94. The largest absolute Gasteiger partial charge is 0.322 e. The van der Waals surface area contributed by atoms with Crippen LogP contribution < -0.4 is 9.62 Å². The van der Waals surface area contributed by atoms with Gasteiger partial charge in [0.15, 0.2) is 0 Å². The average Bonchev–Trinajstić information content (AvgIpc) is 2.81. The monoisotopic (exact) mass is 450 g/mol. The van der Waals surface area contributed by atoms with Crippen LogP contribution in [0.2, 0.25) is 5.02 Å². The van der Waals surface area contributed by atoms with E-state index in [-0.39, 0.29) is 5.91 Å². The van der Waals surface area contributed by atoms with Gasteiger partial charge < -0.3 is 9.62 Å². The van der Waals surface area contributed by atoms with E-state index in [1.807, 2.05) is 30.3 Å². The van der Waals surface area contributed by atoms with E-state index in [1.54, 1.807) is 42.3 Å². The van der Waals surface area contributed by atoms with Gasteiger partial charge in [0.05, 0.1) is 16.3 Å². The highest BCUT2D eigenvalue weighted by Gasteiger charge is 2.11. The third-order valence-corrected chi connectivity index (χ3v) is 6.25. The molecule has 1 N–H and O–H groups in total. The summed E-state index contributed by atoms with van der Waals surface area (Å²) in [5.74, 6) is 0.861. The highest BCUT2D eigenvalue weighted by molar-refractivity contribution is 8.00. The molecule has 3 rings (SSSR count). The SMILES string of the molecule is CCCSN(CC)c1ccc(C(=O)Nc2ccc(Cl)c(-c3ccc(C#N)cn3)c2)cc1. The van der Waals surface area contributed by atoms with Crippen molar-refractivity contribution in [2.24, 2.45) is 0 Å². The summed E-state index contributed by atoms with van der Waals surface area (Å²) in [6.45, 7) is 5.17. The molecule has 0 saturated heterocycles. The van der Waals surface area contributed by atoms with Crippen molar-refractivity contribution >= 4 is 40.8 Å².